The molecule has 0 aromatic heterocycles. The largest absolute Gasteiger partial charge is 0.365 e. The molecule has 1 aliphatic carbocycles. The van der Waals surface area contributed by atoms with Crippen LogP contribution in [0, 0.1) is 5.92 Å². The number of hydrogen-bond acceptors (Lipinski definition) is 4. The van der Waals surface area contributed by atoms with Crippen LogP contribution in [0.4, 0.5) is 0 Å². The Morgan fingerprint density at radius 1 is 1.33 bits per heavy atom. The van der Waals surface area contributed by atoms with Crippen LogP contribution in [0.1, 0.15) is 36.0 Å². The summed E-state index contributed by atoms with van der Waals surface area (Å²) in [4.78, 5) is 19.2. The van der Waals surface area contributed by atoms with Gasteiger partial charge in [0.25, 0.3) is 0 Å². The number of halogens is 1. The third-order valence-corrected chi connectivity index (χ3v) is 3.87. The molecule has 0 amide bonds. The van der Waals surface area contributed by atoms with Crippen molar-refractivity contribution >= 4 is 23.3 Å². The maximum Gasteiger partial charge on any atom is 0.365 e. The van der Waals surface area contributed by atoms with E-state index in [1.807, 2.05) is 14.1 Å². The molecule has 1 fully saturated rings. The van der Waals surface area contributed by atoms with Crippen LogP contribution in [-0.4, -0.2) is 37.2 Å². The average Bonchev–Trinajstić information content (AvgIpc) is 2.46. The summed E-state index contributed by atoms with van der Waals surface area (Å²) in [5.74, 6) is -0.0555. The smallest absolute Gasteiger partial charge is 0.313 e. The molecular weight excluding hydrogens is 288 g/mol. The summed E-state index contributed by atoms with van der Waals surface area (Å²) in [6.45, 7) is 0.942. The van der Waals surface area contributed by atoms with Gasteiger partial charge in [-0.25, -0.2) is 4.79 Å². The topological polar surface area (TPSA) is 41.9 Å². The Bertz CT molecular complexity index is 512. The van der Waals surface area contributed by atoms with Crippen LogP contribution in [0.15, 0.2) is 29.4 Å². The van der Waals surface area contributed by atoms with Gasteiger partial charge in [-0.2, -0.15) is 0 Å². The minimum atomic E-state index is -0.437. The molecule has 0 unspecified atom stereocenters. The molecule has 114 valence electrons. The van der Waals surface area contributed by atoms with Crippen LogP contribution in [-0.2, 0) is 4.84 Å². The fourth-order valence-electron chi connectivity index (χ4n) is 2.56. The van der Waals surface area contributed by atoms with Gasteiger partial charge in [-0.3, -0.25) is 0 Å². The second-order valence-electron chi connectivity index (χ2n) is 5.67. The molecule has 1 aliphatic rings. The summed E-state index contributed by atoms with van der Waals surface area (Å²) >= 11 is 5.80. The monoisotopic (exact) mass is 308 g/mol. The van der Waals surface area contributed by atoms with E-state index in [1.54, 1.807) is 24.3 Å². The van der Waals surface area contributed by atoms with Gasteiger partial charge in [0.15, 0.2) is 0 Å². The molecule has 0 N–H and O–H groups in total. The van der Waals surface area contributed by atoms with E-state index < -0.39 is 5.97 Å². The van der Waals surface area contributed by atoms with Crippen LogP contribution in [0.5, 0.6) is 0 Å². The first-order chi connectivity index (χ1) is 10.1. The zero-order valence-electron chi connectivity index (χ0n) is 12.5. The second-order valence-corrected chi connectivity index (χ2v) is 6.11. The number of carbonyl (C=O) groups is 1. The van der Waals surface area contributed by atoms with Crippen LogP contribution in [0.2, 0.25) is 5.02 Å². The third kappa shape index (κ3) is 4.83. The van der Waals surface area contributed by atoms with Gasteiger partial charge >= 0.3 is 5.97 Å². The summed E-state index contributed by atoms with van der Waals surface area (Å²) in [7, 11) is 4.10. The van der Waals surface area contributed by atoms with Crippen molar-refractivity contribution in [2.24, 2.45) is 11.1 Å². The number of hydrogen-bond donors (Lipinski definition) is 0. The van der Waals surface area contributed by atoms with E-state index >= 15 is 0 Å². The molecule has 0 heterocycles. The molecule has 1 aromatic carbocycles. The van der Waals surface area contributed by atoms with Crippen LogP contribution < -0.4 is 0 Å². The molecule has 5 heteroatoms. The van der Waals surface area contributed by atoms with E-state index in [4.69, 9.17) is 16.4 Å². The van der Waals surface area contributed by atoms with Gasteiger partial charge < -0.3 is 9.74 Å². The van der Waals surface area contributed by atoms with Gasteiger partial charge in [0, 0.05) is 17.5 Å². The zero-order valence-corrected chi connectivity index (χ0v) is 13.3. The lowest BCUT2D eigenvalue weighted by molar-refractivity contribution is 0.0511. The van der Waals surface area contributed by atoms with E-state index in [9.17, 15) is 4.79 Å². The van der Waals surface area contributed by atoms with Gasteiger partial charge in [0.05, 0.1) is 11.3 Å². The van der Waals surface area contributed by atoms with Gasteiger partial charge in [0.2, 0.25) is 0 Å². The van der Waals surface area contributed by atoms with Crippen molar-refractivity contribution in [2.45, 2.75) is 25.7 Å². The number of carbonyl (C=O) groups excluding carboxylic acids is 1. The number of rotatable bonds is 4. The maximum absolute atomic E-state index is 11.9. The fraction of sp³-hybridized carbons (Fsp3) is 0.500. The van der Waals surface area contributed by atoms with Crippen molar-refractivity contribution in [1.29, 1.82) is 0 Å². The Labute approximate surface area is 130 Å². The van der Waals surface area contributed by atoms with E-state index in [1.165, 1.54) is 6.42 Å². The van der Waals surface area contributed by atoms with Crippen LogP contribution >= 0.6 is 11.6 Å². The lowest BCUT2D eigenvalue weighted by Gasteiger charge is -2.25. The molecule has 0 saturated heterocycles. The highest BCUT2D eigenvalue weighted by Crippen LogP contribution is 2.22. The first-order valence-corrected chi connectivity index (χ1v) is 7.62. The van der Waals surface area contributed by atoms with Crippen molar-refractivity contribution in [3.05, 3.63) is 34.9 Å². The SMILES string of the molecule is CN(C)C[C@@H]1CCCC/C1=N\OC(=O)c1ccc(Cl)cc1. The highest BCUT2D eigenvalue weighted by Gasteiger charge is 2.22. The standard InChI is InChI=1S/C16H21ClN2O2/c1-19(2)11-13-5-3-4-6-15(13)18-21-16(20)12-7-9-14(17)10-8-12/h7-10,13H,3-6,11H2,1-2H3/b18-15+/t13-/m0/s1. The summed E-state index contributed by atoms with van der Waals surface area (Å²) in [5, 5.41) is 4.72. The predicted octanol–water partition coefficient (Wildman–Crippen LogP) is 3.60. The quantitative estimate of drug-likeness (QED) is 0.630. The van der Waals surface area contributed by atoms with Crippen LogP contribution in [0.25, 0.3) is 0 Å². The minimum absolute atomic E-state index is 0.381. The average molecular weight is 309 g/mol. The Balaban J connectivity index is 2.00. The van der Waals surface area contributed by atoms with Crippen molar-refractivity contribution in [1.82, 2.24) is 4.90 Å². The van der Waals surface area contributed by atoms with Gasteiger partial charge in [-0.15, -0.1) is 0 Å². The van der Waals surface area contributed by atoms with Gasteiger partial charge in [-0.1, -0.05) is 23.2 Å². The summed E-state index contributed by atoms with van der Waals surface area (Å²) in [6, 6.07) is 6.62. The lowest BCUT2D eigenvalue weighted by Crippen LogP contribution is -2.30. The van der Waals surface area contributed by atoms with Crippen molar-refractivity contribution < 1.29 is 9.63 Å². The number of oxime groups is 1. The Kier molecular flexibility index (Phi) is 5.76. The molecule has 0 radical (unpaired) electrons. The Morgan fingerprint density at radius 3 is 2.71 bits per heavy atom. The van der Waals surface area contributed by atoms with E-state index in [2.05, 4.69) is 10.1 Å². The molecule has 1 atom stereocenters. The van der Waals surface area contributed by atoms with Gasteiger partial charge in [0.1, 0.15) is 0 Å². The summed E-state index contributed by atoms with van der Waals surface area (Å²) in [5.41, 5.74) is 1.46. The fourth-order valence-corrected chi connectivity index (χ4v) is 2.69. The first kappa shape index (κ1) is 16.0. The molecule has 1 aromatic rings. The molecule has 0 bridgehead atoms. The van der Waals surface area contributed by atoms with E-state index in [-0.39, 0.29) is 0 Å². The number of nitrogens with zero attached hydrogens (tertiary/aromatic N) is 2. The molecule has 2 rings (SSSR count). The highest BCUT2D eigenvalue weighted by molar-refractivity contribution is 6.30. The second kappa shape index (κ2) is 7.57. The molecule has 1 saturated carbocycles. The Hall–Kier alpha value is -1.39. The lowest BCUT2D eigenvalue weighted by atomic mass is 9.87. The molecule has 0 aliphatic heterocycles. The highest BCUT2D eigenvalue weighted by atomic mass is 35.5. The first-order valence-electron chi connectivity index (χ1n) is 7.24. The van der Waals surface area contributed by atoms with Crippen molar-refractivity contribution in [2.75, 3.05) is 20.6 Å². The van der Waals surface area contributed by atoms with E-state index in [0.29, 0.717) is 16.5 Å². The Morgan fingerprint density at radius 2 is 2.05 bits per heavy atom. The van der Waals surface area contributed by atoms with Crippen molar-refractivity contribution in [3.8, 4) is 0 Å². The molecule has 4 nitrogen and oxygen atoms in total. The van der Waals surface area contributed by atoms with Gasteiger partial charge in [-0.05, 0) is 57.6 Å². The maximum atomic E-state index is 11.9. The van der Waals surface area contributed by atoms with Crippen molar-refractivity contribution in [3.63, 3.8) is 0 Å². The normalized spacial score (nSPS) is 20.8. The summed E-state index contributed by atoms with van der Waals surface area (Å²) < 4.78 is 0. The molecular formula is C16H21ClN2O2. The zero-order chi connectivity index (χ0) is 15.2. The molecule has 0 spiro atoms. The predicted molar refractivity (Wildman–Crippen MR) is 84.8 cm³/mol. The third-order valence-electron chi connectivity index (χ3n) is 3.62. The molecule has 21 heavy (non-hydrogen) atoms. The summed E-state index contributed by atoms with van der Waals surface area (Å²) in [6.07, 6.45) is 4.34. The van der Waals surface area contributed by atoms with E-state index in [0.717, 1.165) is 31.5 Å². The number of benzene rings is 1. The van der Waals surface area contributed by atoms with Crippen LogP contribution in [0.3, 0.4) is 0 Å². The minimum Gasteiger partial charge on any atom is -0.313 e.